The molecule has 0 aliphatic heterocycles. The highest BCUT2D eigenvalue weighted by Crippen LogP contribution is 2.33. The SMILES string of the molecule is Cc1cc(N)ccc1-c1nnnn1C1CCCC(C)CC1. The van der Waals surface area contributed by atoms with Gasteiger partial charge in [0.2, 0.25) is 0 Å². The van der Waals surface area contributed by atoms with Crippen LogP contribution in [0.25, 0.3) is 11.4 Å². The van der Waals surface area contributed by atoms with Gasteiger partial charge in [0, 0.05) is 11.3 Å². The lowest BCUT2D eigenvalue weighted by atomic mass is 10.0. The lowest BCUT2D eigenvalue weighted by Gasteiger charge is -2.16. The number of rotatable bonds is 2. The van der Waals surface area contributed by atoms with Crippen molar-refractivity contribution in [1.82, 2.24) is 20.2 Å². The molecule has 0 spiro atoms. The number of aromatic nitrogens is 4. The molecule has 112 valence electrons. The summed E-state index contributed by atoms with van der Waals surface area (Å²) < 4.78 is 2.02. The Morgan fingerprint density at radius 1 is 1.19 bits per heavy atom. The Balaban J connectivity index is 1.93. The molecule has 1 heterocycles. The molecule has 5 heteroatoms. The Hall–Kier alpha value is -1.91. The van der Waals surface area contributed by atoms with Crippen molar-refractivity contribution in [1.29, 1.82) is 0 Å². The number of hydrogen-bond donors (Lipinski definition) is 1. The van der Waals surface area contributed by atoms with Crippen LogP contribution in [0, 0.1) is 12.8 Å². The van der Waals surface area contributed by atoms with E-state index in [9.17, 15) is 0 Å². The first-order chi connectivity index (χ1) is 10.1. The van der Waals surface area contributed by atoms with Crippen molar-refractivity contribution in [2.24, 2.45) is 5.92 Å². The highest BCUT2D eigenvalue weighted by molar-refractivity contribution is 5.63. The van der Waals surface area contributed by atoms with Crippen molar-refractivity contribution in [2.45, 2.75) is 52.0 Å². The van der Waals surface area contributed by atoms with Crippen molar-refractivity contribution < 1.29 is 0 Å². The zero-order valence-electron chi connectivity index (χ0n) is 12.8. The van der Waals surface area contributed by atoms with Crippen LogP contribution in [0.2, 0.25) is 0 Å². The van der Waals surface area contributed by atoms with Gasteiger partial charge < -0.3 is 5.73 Å². The maximum Gasteiger partial charge on any atom is 0.182 e. The van der Waals surface area contributed by atoms with E-state index < -0.39 is 0 Å². The summed E-state index contributed by atoms with van der Waals surface area (Å²) >= 11 is 0. The fourth-order valence-corrected chi connectivity index (χ4v) is 3.27. The minimum absolute atomic E-state index is 0.414. The molecule has 1 aromatic carbocycles. The number of nitrogen functional groups attached to an aromatic ring is 1. The average Bonchev–Trinajstić information content (AvgIpc) is 2.82. The van der Waals surface area contributed by atoms with E-state index in [4.69, 9.17) is 5.73 Å². The summed E-state index contributed by atoms with van der Waals surface area (Å²) in [5.41, 5.74) is 8.81. The molecule has 1 aliphatic carbocycles. The van der Waals surface area contributed by atoms with Gasteiger partial charge in [0.05, 0.1) is 6.04 Å². The van der Waals surface area contributed by atoms with Crippen LogP contribution in [0.15, 0.2) is 18.2 Å². The first-order valence-corrected chi connectivity index (χ1v) is 7.79. The molecule has 1 aliphatic rings. The minimum Gasteiger partial charge on any atom is -0.399 e. The van der Waals surface area contributed by atoms with Gasteiger partial charge in [-0.05, 0) is 66.3 Å². The molecule has 1 saturated carbocycles. The molecule has 2 atom stereocenters. The smallest absolute Gasteiger partial charge is 0.182 e. The van der Waals surface area contributed by atoms with Gasteiger partial charge in [0.25, 0.3) is 0 Å². The maximum absolute atomic E-state index is 5.84. The molecule has 0 saturated heterocycles. The van der Waals surface area contributed by atoms with E-state index in [0.29, 0.717) is 6.04 Å². The second-order valence-electron chi connectivity index (χ2n) is 6.29. The summed E-state index contributed by atoms with van der Waals surface area (Å²) in [5.74, 6) is 1.68. The lowest BCUT2D eigenvalue weighted by Crippen LogP contribution is -2.12. The van der Waals surface area contributed by atoms with E-state index >= 15 is 0 Å². The van der Waals surface area contributed by atoms with Crippen LogP contribution in [0.4, 0.5) is 5.69 Å². The summed E-state index contributed by atoms with van der Waals surface area (Å²) in [6.07, 6.45) is 6.15. The van der Waals surface area contributed by atoms with E-state index in [2.05, 4.69) is 29.4 Å². The number of hydrogen-bond acceptors (Lipinski definition) is 4. The third kappa shape index (κ3) is 2.91. The number of nitrogens with zero attached hydrogens (tertiary/aromatic N) is 4. The van der Waals surface area contributed by atoms with E-state index in [1.54, 1.807) is 0 Å². The third-order valence-electron chi connectivity index (χ3n) is 4.56. The van der Waals surface area contributed by atoms with E-state index in [-0.39, 0.29) is 0 Å². The fraction of sp³-hybridized carbons (Fsp3) is 0.562. The molecule has 1 aromatic heterocycles. The third-order valence-corrected chi connectivity index (χ3v) is 4.56. The molecule has 5 nitrogen and oxygen atoms in total. The Morgan fingerprint density at radius 2 is 2.05 bits per heavy atom. The Kier molecular flexibility index (Phi) is 3.90. The second kappa shape index (κ2) is 5.84. The van der Waals surface area contributed by atoms with Gasteiger partial charge in [-0.25, -0.2) is 4.68 Å². The van der Waals surface area contributed by atoms with Gasteiger partial charge in [-0.2, -0.15) is 0 Å². The summed E-state index contributed by atoms with van der Waals surface area (Å²) in [6.45, 7) is 4.40. The molecule has 1 fully saturated rings. The molecule has 2 aromatic rings. The van der Waals surface area contributed by atoms with E-state index in [0.717, 1.165) is 41.4 Å². The van der Waals surface area contributed by atoms with Gasteiger partial charge in [-0.15, -0.1) is 5.10 Å². The molecular weight excluding hydrogens is 262 g/mol. The van der Waals surface area contributed by atoms with Crippen LogP contribution in [0.1, 0.15) is 50.6 Å². The number of anilines is 1. The number of tetrazole rings is 1. The van der Waals surface area contributed by atoms with Crippen LogP contribution < -0.4 is 5.73 Å². The summed E-state index contributed by atoms with van der Waals surface area (Å²) in [6, 6.07) is 6.32. The van der Waals surface area contributed by atoms with Gasteiger partial charge in [-0.1, -0.05) is 19.8 Å². The molecule has 2 unspecified atom stereocenters. The summed E-state index contributed by atoms with van der Waals surface area (Å²) in [7, 11) is 0. The fourth-order valence-electron chi connectivity index (χ4n) is 3.27. The molecule has 0 radical (unpaired) electrons. The van der Waals surface area contributed by atoms with Crippen molar-refractivity contribution in [2.75, 3.05) is 5.73 Å². The van der Waals surface area contributed by atoms with Gasteiger partial charge in [-0.3, -0.25) is 0 Å². The summed E-state index contributed by atoms with van der Waals surface area (Å²) in [4.78, 5) is 0. The number of benzene rings is 1. The lowest BCUT2D eigenvalue weighted by molar-refractivity contribution is 0.394. The standard InChI is InChI=1S/C16H23N5/c1-11-4-3-5-14(8-6-11)21-16(18-19-20-21)15-9-7-13(17)10-12(15)2/h7,9-11,14H,3-6,8,17H2,1-2H3. The zero-order chi connectivity index (χ0) is 14.8. The highest BCUT2D eigenvalue weighted by Gasteiger charge is 2.22. The van der Waals surface area contributed by atoms with E-state index in [1.165, 1.54) is 19.3 Å². The molecule has 21 heavy (non-hydrogen) atoms. The first kappa shape index (κ1) is 14.0. The van der Waals surface area contributed by atoms with Crippen molar-refractivity contribution in [3.63, 3.8) is 0 Å². The van der Waals surface area contributed by atoms with Crippen LogP contribution >= 0.6 is 0 Å². The van der Waals surface area contributed by atoms with Crippen LogP contribution in [0.3, 0.4) is 0 Å². The van der Waals surface area contributed by atoms with E-state index in [1.807, 2.05) is 22.9 Å². The van der Waals surface area contributed by atoms with Gasteiger partial charge in [0.1, 0.15) is 0 Å². The normalized spacial score (nSPS) is 23.0. The molecule has 0 amide bonds. The van der Waals surface area contributed by atoms with Crippen molar-refractivity contribution in [3.05, 3.63) is 23.8 Å². The Bertz CT molecular complexity index is 619. The second-order valence-corrected chi connectivity index (χ2v) is 6.29. The Labute approximate surface area is 125 Å². The number of aryl methyl sites for hydroxylation is 1. The average molecular weight is 285 g/mol. The van der Waals surface area contributed by atoms with Gasteiger partial charge >= 0.3 is 0 Å². The summed E-state index contributed by atoms with van der Waals surface area (Å²) in [5, 5.41) is 12.5. The monoisotopic (exact) mass is 285 g/mol. The van der Waals surface area contributed by atoms with Crippen LogP contribution in [-0.2, 0) is 0 Å². The maximum atomic E-state index is 5.84. The van der Waals surface area contributed by atoms with Gasteiger partial charge in [0.15, 0.2) is 5.82 Å². The molecule has 0 bridgehead atoms. The molecular formula is C16H23N5. The predicted molar refractivity (Wildman–Crippen MR) is 83.7 cm³/mol. The topological polar surface area (TPSA) is 69.6 Å². The molecule has 2 N–H and O–H groups in total. The quantitative estimate of drug-likeness (QED) is 0.678. The first-order valence-electron chi connectivity index (χ1n) is 7.79. The molecule has 3 rings (SSSR count). The minimum atomic E-state index is 0.414. The largest absolute Gasteiger partial charge is 0.399 e. The zero-order valence-corrected chi connectivity index (χ0v) is 12.8. The van der Waals surface area contributed by atoms with Crippen molar-refractivity contribution in [3.8, 4) is 11.4 Å². The highest BCUT2D eigenvalue weighted by atomic mass is 15.5. The van der Waals surface area contributed by atoms with Crippen LogP contribution in [0.5, 0.6) is 0 Å². The van der Waals surface area contributed by atoms with Crippen LogP contribution in [-0.4, -0.2) is 20.2 Å². The van der Waals surface area contributed by atoms with Crippen molar-refractivity contribution >= 4 is 5.69 Å². The number of nitrogens with two attached hydrogens (primary N) is 1. The predicted octanol–water partition coefficient (Wildman–Crippen LogP) is 3.37. The Morgan fingerprint density at radius 3 is 2.86 bits per heavy atom.